The molecule has 0 aromatic heterocycles. The molecular weight excluding hydrogens is 224 g/mol. The normalized spacial score (nSPS) is 24.0. The zero-order valence-electron chi connectivity index (χ0n) is 9.54. The van der Waals surface area contributed by atoms with Gasteiger partial charge in [0.1, 0.15) is 5.75 Å². The monoisotopic (exact) mass is 244 g/mol. The van der Waals surface area contributed by atoms with Crippen LogP contribution in [0.1, 0.15) is 25.7 Å². The molecule has 1 saturated heterocycles. The van der Waals surface area contributed by atoms with Gasteiger partial charge in [-0.2, -0.15) is 0 Å². The maximum absolute atomic E-state index is 11.7. The highest BCUT2D eigenvalue weighted by Gasteiger charge is 2.22. The first-order chi connectivity index (χ1) is 7.74. The summed E-state index contributed by atoms with van der Waals surface area (Å²) < 4.78 is 11.7. The molecule has 1 unspecified atom stereocenters. The first kappa shape index (κ1) is 12.0. The molecule has 1 aliphatic heterocycles. The van der Waals surface area contributed by atoms with Crippen molar-refractivity contribution in [3.05, 3.63) is 0 Å². The number of carbonyl (C=O) groups excluding carboxylic acids is 1. The third kappa shape index (κ3) is 3.56. The molecule has 0 aromatic carbocycles. The maximum atomic E-state index is 11.7. The maximum Gasteiger partial charge on any atom is 0.232 e. The summed E-state index contributed by atoms with van der Waals surface area (Å²) >= 11 is 0. The topological polar surface area (TPSA) is 58.2 Å². The van der Waals surface area contributed by atoms with Crippen LogP contribution in [0.5, 0.6) is 0 Å². The lowest BCUT2D eigenvalue weighted by molar-refractivity contribution is -0.119. The Kier molecular flexibility index (Phi) is 4.35. The highest BCUT2D eigenvalue weighted by atomic mass is 32.2. The second-order valence-corrected chi connectivity index (χ2v) is 6.33. The number of hydrogen-bond donors (Lipinski definition) is 2. The quantitative estimate of drug-likeness (QED) is 0.716. The molecule has 1 amide bonds. The minimum absolute atomic E-state index is 0.0301. The van der Waals surface area contributed by atoms with E-state index in [1.807, 2.05) is 0 Å². The van der Waals surface area contributed by atoms with Gasteiger partial charge >= 0.3 is 0 Å². The third-order valence-corrected chi connectivity index (χ3v) is 4.73. The minimum Gasteiger partial charge on any atom is -0.353 e. The van der Waals surface area contributed by atoms with E-state index in [9.17, 15) is 9.00 Å². The Labute approximate surface area is 99.0 Å². The highest BCUT2D eigenvalue weighted by Crippen LogP contribution is 2.17. The Bertz CT molecular complexity index is 273. The van der Waals surface area contributed by atoms with Crippen molar-refractivity contribution >= 4 is 16.7 Å². The van der Waals surface area contributed by atoms with E-state index in [1.54, 1.807) is 0 Å². The van der Waals surface area contributed by atoms with Gasteiger partial charge in [0, 0.05) is 35.7 Å². The first-order valence-electron chi connectivity index (χ1n) is 6.09. The van der Waals surface area contributed by atoms with Crippen LogP contribution in [0.3, 0.4) is 0 Å². The zero-order chi connectivity index (χ0) is 11.4. The summed E-state index contributed by atoms with van der Waals surface area (Å²) in [7, 11) is -0.981. The van der Waals surface area contributed by atoms with Crippen LogP contribution in [0.15, 0.2) is 0 Å². The molecule has 92 valence electrons. The fourth-order valence-electron chi connectivity index (χ4n) is 2.27. The van der Waals surface area contributed by atoms with E-state index in [0.29, 0.717) is 17.7 Å². The van der Waals surface area contributed by atoms with Crippen LogP contribution < -0.4 is 10.6 Å². The molecule has 2 rings (SSSR count). The predicted octanol–water partition coefficient (Wildman–Crippen LogP) is 0.0133. The average molecular weight is 244 g/mol. The van der Waals surface area contributed by atoms with E-state index in [-0.39, 0.29) is 11.7 Å². The Hall–Kier alpha value is -0.420. The van der Waals surface area contributed by atoms with Crippen molar-refractivity contribution in [3.8, 4) is 0 Å². The van der Waals surface area contributed by atoms with Crippen LogP contribution >= 0.6 is 0 Å². The summed E-state index contributed by atoms with van der Waals surface area (Å²) in [5.74, 6) is 1.34. The smallest absolute Gasteiger partial charge is 0.232 e. The minimum atomic E-state index is -0.981. The number of amides is 1. The van der Waals surface area contributed by atoms with E-state index >= 15 is 0 Å². The van der Waals surface area contributed by atoms with Crippen LogP contribution in [0.2, 0.25) is 0 Å². The van der Waals surface area contributed by atoms with E-state index in [0.717, 1.165) is 25.9 Å². The molecule has 0 spiro atoms. The van der Waals surface area contributed by atoms with Crippen molar-refractivity contribution in [1.82, 2.24) is 10.6 Å². The van der Waals surface area contributed by atoms with Crippen LogP contribution in [-0.2, 0) is 15.6 Å². The van der Waals surface area contributed by atoms with E-state index in [1.165, 1.54) is 12.8 Å². The lowest BCUT2D eigenvalue weighted by Gasteiger charge is -2.26. The summed E-state index contributed by atoms with van der Waals surface area (Å²) in [5.41, 5.74) is 0. The fraction of sp³-hybridized carbons (Fsp3) is 0.909. The number of hydrogen-bond acceptors (Lipinski definition) is 3. The molecule has 4 nitrogen and oxygen atoms in total. The van der Waals surface area contributed by atoms with Gasteiger partial charge in [-0.25, -0.2) is 0 Å². The molecule has 1 aliphatic carbocycles. The van der Waals surface area contributed by atoms with Crippen molar-refractivity contribution in [2.24, 2.45) is 5.92 Å². The Morgan fingerprint density at radius 2 is 2.00 bits per heavy atom. The molecule has 0 aromatic rings. The van der Waals surface area contributed by atoms with Gasteiger partial charge in [-0.3, -0.25) is 9.00 Å². The van der Waals surface area contributed by atoms with E-state index in [2.05, 4.69) is 10.6 Å². The van der Waals surface area contributed by atoms with Gasteiger partial charge < -0.3 is 10.6 Å². The van der Waals surface area contributed by atoms with Gasteiger partial charge in [-0.15, -0.1) is 0 Å². The van der Waals surface area contributed by atoms with Gasteiger partial charge in [0.25, 0.3) is 0 Å². The lowest BCUT2D eigenvalue weighted by Crippen LogP contribution is -2.45. The second-order valence-electron chi connectivity index (χ2n) is 4.82. The van der Waals surface area contributed by atoms with Crippen LogP contribution in [0.4, 0.5) is 0 Å². The number of carbonyl (C=O) groups is 1. The molecule has 16 heavy (non-hydrogen) atoms. The summed E-state index contributed by atoms with van der Waals surface area (Å²) in [6.07, 6.45) is 4.60. The van der Waals surface area contributed by atoms with Gasteiger partial charge in [0.2, 0.25) is 5.91 Å². The van der Waals surface area contributed by atoms with Crippen LogP contribution in [0.25, 0.3) is 0 Å². The average Bonchev–Trinajstić information content (AvgIpc) is 2.63. The summed E-state index contributed by atoms with van der Waals surface area (Å²) in [4.78, 5) is 11.6. The van der Waals surface area contributed by atoms with Crippen molar-refractivity contribution in [2.45, 2.75) is 31.7 Å². The van der Waals surface area contributed by atoms with Crippen molar-refractivity contribution in [2.75, 3.05) is 24.6 Å². The predicted molar refractivity (Wildman–Crippen MR) is 64.6 cm³/mol. The lowest BCUT2D eigenvalue weighted by atomic mass is 10.1. The Balaban J connectivity index is 1.63. The molecule has 0 bridgehead atoms. The Morgan fingerprint density at radius 3 is 2.56 bits per heavy atom. The standard InChI is InChI=1S/C11H20N2O2S/c14-11(13-10-3-1-2-4-10)8-16(15)7-9-5-12-6-9/h9-10,12H,1-8H2,(H,13,14). The summed E-state index contributed by atoms with van der Waals surface area (Å²) in [5, 5.41) is 6.12. The molecule has 5 heteroatoms. The van der Waals surface area contributed by atoms with Crippen molar-refractivity contribution < 1.29 is 9.00 Å². The fourth-order valence-corrected chi connectivity index (χ4v) is 3.53. The Morgan fingerprint density at radius 1 is 1.31 bits per heavy atom. The van der Waals surface area contributed by atoms with E-state index < -0.39 is 10.8 Å². The molecule has 2 aliphatic rings. The molecular formula is C11H20N2O2S. The summed E-state index contributed by atoms with van der Waals surface area (Å²) in [6, 6.07) is 0.342. The van der Waals surface area contributed by atoms with Crippen molar-refractivity contribution in [1.29, 1.82) is 0 Å². The number of rotatable bonds is 5. The van der Waals surface area contributed by atoms with Gasteiger partial charge in [-0.05, 0) is 18.8 Å². The third-order valence-electron chi connectivity index (χ3n) is 3.30. The highest BCUT2D eigenvalue weighted by molar-refractivity contribution is 7.85. The van der Waals surface area contributed by atoms with Gasteiger partial charge in [-0.1, -0.05) is 12.8 Å². The first-order valence-corrected chi connectivity index (χ1v) is 7.58. The number of nitrogens with one attached hydrogen (secondary N) is 2. The van der Waals surface area contributed by atoms with Gasteiger partial charge in [0.05, 0.1) is 0 Å². The SMILES string of the molecule is O=C(CS(=O)CC1CNC1)NC1CCCC1. The van der Waals surface area contributed by atoms with E-state index in [4.69, 9.17) is 0 Å². The molecule has 1 heterocycles. The van der Waals surface area contributed by atoms with Crippen molar-refractivity contribution in [3.63, 3.8) is 0 Å². The molecule has 2 N–H and O–H groups in total. The largest absolute Gasteiger partial charge is 0.353 e. The zero-order valence-corrected chi connectivity index (χ0v) is 10.4. The molecule has 1 atom stereocenters. The molecule has 2 fully saturated rings. The van der Waals surface area contributed by atoms with Crippen LogP contribution in [0, 0.1) is 5.92 Å². The van der Waals surface area contributed by atoms with Gasteiger partial charge in [0.15, 0.2) is 0 Å². The molecule has 0 radical (unpaired) electrons. The second kappa shape index (κ2) is 5.77. The summed E-state index contributed by atoms with van der Waals surface area (Å²) in [6.45, 7) is 1.91. The van der Waals surface area contributed by atoms with Crippen LogP contribution in [-0.4, -0.2) is 40.8 Å². The molecule has 1 saturated carbocycles.